The maximum atomic E-state index is 13.0. The van der Waals surface area contributed by atoms with Crippen molar-refractivity contribution in [2.24, 2.45) is 0 Å². The highest BCUT2D eigenvalue weighted by Crippen LogP contribution is 2.13. The van der Waals surface area contributed by atoms with E-state index in [1.807, 2.05) is 4.90 Å². The normalized spacial score (nSPS) is 17.0. The van der Waals surface area contributed by atoms with Crippen LogP contribution in [0.4, 0.5) is 9.18 Å². The Bertz CT molecular complexity index is 652. The van der Waals surface area contributed by atoms with Crippen LogP contribution in [0, 0.1) is 5.82 Å². The summed E-state index contributed by atoms with van der Waals surface area (Å²) < 4.78 is 23.2. The molecule has 156 valence electrons. The van der Waals surface area contributed by atoms with E-state index in [-0.39, 0.29) is 18.3 Å². The van der Waals surface area contributed by atoms with E-state index in [1.165, 1.54) is 19.2 Å². The summed E-state index contributed by atoms with van der Waals surface area (Å²) in [5, 5.41) is 2.66. The van der Waals surface area contributed by atoms with Crippen LogP contribution < -0.4 is 5.32 Å². The van der Waals surface area contributed by atoms with E-state index in [4.69, 9.17) is 9.47 Å². The Labute approximate surface area is 165 Å². The van der Waals surface area contributed by atoms with Gasteiger partial charge in [0.05, 0.1) is 7.11 Å². The molecule has 0 radical (unpaired) electrons. The first-order chi connectivity index (χ1) is 13.2. The lowest BCUT2D eigenvalue weighted by molar-refractivity contribution is -0.147. The number of benzene rings is 1. The number of ether oxygens (including phenoxy) is 2. The van der Waals surface area contributed by atoms with Crippen LogP contribution in [0.5, 0.6) is 0 Å². The van der Waals surface area contributed by atoms with Gasteiger partial charge in [-0.2, -0.15) is 0 Å². The van der Waals surface area contributed by atoms with E-state index >= 15 is 0 Å². The molecule has 1 amide bonds. The predicted molar refractivity (Wildman–Crippen MR) is 103 cm³/mol. The number of piperazine rings is 1. The van der Waals surface area contributed by atoms with Gasteiger partial charge in [-0.05, 0) is 38.5 Å². The monoisotopic (exact) mass is 395 g/mol. The van der Waals surface area contributed by atoms with E-state index in [2.05, 4.69) is 10.2 Å². The number of carbonyl (C=O) groups is 2. The molecule has 1 aliphatic rings. The second-order valence-electron chi connectivity index (χ2n) is 7.86. The highest BCUT2D eigenvalue weighted by Gasteiger charge is 2.30. The van der Waals surface area contributed by atoms with Crippen molar-refractivity contribution in [3.8, 4) is 0 Å². The van der Waals surface area contributed by atoms with Crippen molar-refractivity contribution in [1.82, 2.24) is 15.1 Å². The summed E-state index contributed by atoms with van der Waals surface area (Å²) >= 11 is 0. The number of rotatable bonds is 6. The van der Waals surface area contributed by atoms with Gasteiger partial charge in [-0.25, -0.2) is 9.18 Å². The third kappa shape index (κ3) is 7.09. The van der Waals surface area contributed by atoms with Gasteiger partial charge >= 0.3 is 12.1 Å². The highest BCUT2D eigenvalue weighted by molar-refractivity contribution is 5.77. The van der Waals surface area contributed by atoms with Gasteiger partial charge in [0, 0.05) is 39.3 Å². The zero-order chi connectivity index (χ0) is 20.7. The minimum absolute atomic E-state index is 0.125. The topological polar surface area (TPSA) is 71.1 Å². The van der Waals surface area contributed by atoms with Crippen molar-refractivity contribution in [2.75, 3.05) is 39.8 Å². The molecule has 0 saturated carbocycles. The van der Waals surface area contributed by atoms with Crippen LogP contribution in [-0.2, 0) is 20.8 Å². The van der Waals surface area contributed by atoms with Crippen molar-refractivity contribution in [2.45, 2.75) is 39.0 Å². The molecule has 1 N–H and O–H groups in total. The Balaban J connectivity index is 1.87. The minimum atomic E-state index is -0.600. The highest BCUT2D eigenvalue weighted by atomic mass is 19.1. The van der Waals surface area contributed by atoms with Gasteiger partial charge in [0.2, 0.25) is 0 Å². The van der Waals surface area contributed by atoms with Crippen LogP contribution in [0.3, 0.4) is 0 Å². The average molecular weight is 395 g/mol. The molecule has 0 aromatic heterocycles. The summed E-state index contributed by atoms with van der Waals surface area (Å²) in [7, 11) is 1.34. The quantitative estimate of drug-likeness (QED) is 0.743. The molecule has 1 saturated heterocycles. The number of hydrogen-bond acceptors (Lipinski definition) is 6. The lowest BCUT2D eigenvalue weighted by Gasteiger charge is -2.38. The van der Waals surface area contributed by atoms with Crippen molar-refractivity contribution >= 4 is 12.1 Å². The Morgan fingerprint density at radius 3 is 2.29 bits per heavy atom. The van der Waals surface area contributed by atoms with Gasteiger partial charge in [0.15, 0.2) is 0 Å². The fourth-order valence-corrected chi connectivity index (χ4v) is 3.07. The molecule has 0 unspecified atom stereocenters. The Morgan fingerprint density at radius 1 is 1.14 bits per heavy atom. The second kappa shape index (κ2) is 9.84. The standard InChI is InChI=1S/C20H30FN3O4/c1-20(2,3)28-19(26)22-13-17(18(25)27-4)24-11-9-23(10-12-24)14-15-5-7-16(21)8-6-15/h5-8,17H,9-14H2,1-4H3,(H,22,26)/t17-/m0/s1. The summed E-state index contributed by atoms with van der Waals surface area (Å²) in [6, 6.07) is 5.92. The summed E-state index contributed by atoms with van der Waals surface area (Å²) in [5.74, 6) is -0.630. The summed E-state index contributed by atoms with van der Waals surface area (Å²) in [4.78, 5) is 28.4. The number of nitrogens with one attached hydrogen (secondary N) is 1. The zero-order valence-corrected chi connectivity index (χ0v) is 17.0. The molecule has 7 nitrogen and oxygen atoms in total. The molecule has 1 fully saturated rings. The first-order valence-corrected chi connectivity index (χ1v) is 9.43. The maximum Gasteiger partial charge on any atom is 0.407 e. The minimum Gasteiger partial charge on any atom is -0.468 e. The Kier molecular flexibility index (Phi) is 7.77. The van der Waals surface area contributed by atoms with Gasteiger partial charge in [-0.1, -0.05) is 12.1 Å². The molecular formula is C20H30FN3O4. The van der Waals surface area contributed by atoms with Gasteiger partial charge in [-0.3, -0.25) is 14.6 Å². The van der Waals surface area contributed by atoms with Gasteiger partial charge < -0.3 is 14.8 Å². The van der Waals surface area contributed by atoms with Crippen LogP contribution in [0.2, 0.25) is 0 Å². The number of halogens is 1. The van der Waals surface area contributed by atoms with Crippen LogP contribution in [-0.4, -0.2) is 73.3 Å². The number of carbonyl (C=O) groups excluding carboxylic acids is 2. The molecule has 2 rings (SSSR count). The molecular weight excluding hydrogens is 365 g/mol. The SMILES string of the molecule is COC(=O)[C@H](CNC(=O)OC(C)(C)C)N1CCN(Cc2ccc(F)cc2)CC1. The third-order valence-corrected chi connectivity index (χ3v) is 4.48. The van der Waals surface area contributed by atoms with Crippen LogP contribution >= 0.6 is 0 Å². The third-order valence-electron chi connectivity index (χ3n) is 4.48. The molecule has 8 heteroatoms. The zero-order valence-electron chi connectivity index (χ0n) is 17.0. The van der Waals surface area contributed by atoms with Gasteiger partial charge in [-0.15, -0.1) is 0 Å². The fourth-order valence-electron chi connectivity index (χ4n) is 3.07. The van der Waals surface area contributed by atoms with E-state index in [1.54, 1.807) is 32.9 Å². The van der Waals surface area contributed by atoms with Crippen molar-refractivity contribution < 1.29 is 23.5 Å². The van der Waals surface area contributed by atoms with Crippen molar-refractivity contribution in [3.63, 3.8) is 0 Å². The number of hydrogen-bond donors (Lipinski definition) is 1. The molecule has 1 heterocycles. The van der Waals surface area contributed by atoms with Crippen molar-refractivity contribution in [1.29, 1.82) is 0 Å². The molecule has 1 aromatic rings. The fraction of sp³-hybridized carbons (Fsp3) is 0.600. The lowest BCUT2D eigenvalue weighted by atomic mass is 10.1. The number of alkyl carbamates (subject to hydrolysis) is 1. The molecule has 1 aromatic carbocycles. The Hall–Kier alpha value is -2.19. The second-order valence-corrected chi connectivity index (χ2v) is 7.86. The molecule has 0 aliphatic carbocycles. The lowest BCUT2D eigenvalue weighted by Crippen LogP contribution is -2.56. The first kappa shape index (κ1) is 22.1. The van der Waals surface area contributed by atoms with Crippen LogP contribution in [0.25, 0.3) is 0 Å². The predicted octanol–water partition coefficient (Wildman–Crippen LogP) is 2.01. The molecule has 0 bridgehead atoms. The molecule has 1 atom stereocenters. The Morgan fingerprint density at radius 2 is 1.75 bits per heavy atom. The average Bonchev–Trinajstić information content (AvgIpc) is 2.63. The number of amides is 1. The summed E-state index contributed by atoms with van der Waals surface area (Å²) in [6.07, 6.45) is -0.559. The smallest absolute Gasteiger partial charge is 0.407 e. The number of methoxy groups -OCH3 is 1. The summed E-state index contributed by atoms with van der Waals surface area (Å²) in [5.41, 5.74) is 0.447. The molecule has 1 aliphatic heterocycles. The summed E-state index contributed by atoms with van der Waals surface area (Å²) in [6.45, 7) is 9.05. The van der Waals surface area contributed by atoms with E-state index < -0.39 is 17.7 Å². The molecule has 0 spiro atoms. The van der Waals surface area contributed by atoms with E-state index in [0.29, 0.717) is 13.1 Å². The van der Waals surface area contributed by atoms with Crippen molar-refractivity contribution in [3.05, 3.63) is 35.6 Å². The number of nitrogens with zero attached hydrogens (tertiary/aromatic N) is 2. The van der Waals surface area contributed by atoms with E-state index in [9.17, 15) is 14.0 Å². The molecule has 28 heavy (non-hydrogen) atoms. The van der Waals surface area contributed by atoms with E-state index in [0.717, 1.165) is 25.2 Å². The first-order valence-electron chi connectivity index (χ1n) is 9.43. The van der Waals surface area contributed by atoms with Gasteiger partial charge in [0.25, 0.3) is 0 Å². The number of esters is 1. The van der Waals surface area contributed by atoms with Crippen LogP contribution in [0.1, 0.15) is 26.3 Å². The largest absolute Gasteiger partial charge is 0.468 e. The van der Waals surface area contributed by atoms with Gasteiger partial charge in [0.1, 0.15) is 17.5 Å². The maximum absolute atomic E-state index is 13.0. The van der Waals surface area contributed by atoms with Crippen LogP contribution in [0.15, 0.2) is 24.3 Å².